The fourth-order valence-corrected chi connectivity index (χ4v) is 4.26. The number of carbonyl (C=O) groups is 3. The zero-order valence-electron chi connectivity index (χ0n) is 14.0. The van der Waals surface area contributed by atoms with Crippen LogP contribution in [0.5, 0.6) is 0 Å². The topological polar surface area (TPSA) is 108 Å². The van der Waals surface area contributed by atoms with E-state index in [1.165, 1.54) is 23.7 Å². The summed E-state index contributed by atoms with van der Waals surface area (Å²) in [7, 11) is 3.13. The lowest BCUT2D eigenvalue weighted by Crippen LogP contribution is -2.72. The van der Waals surface area contributed by atoms with E-state index in [9.17, 15) is 14.4 Å². The van der Waals surface area contributed by atoms with Crippen molar-refractivity contribution in [1.82, 2.24) is 20.4 Å². The van der Waals surface area contributed by atoms with Crippen LogP contribution in [0, 0.1) is 5.92 Å². The van der Waals surface area contributed by atoms with Gasteiger partial charge >= 0.3 is 6.03 Å². The summed E-state index contributed by atoms with van der Waals surface area (Å²) >= 11 is 1.29. The Bertz CT molecular complexity index is 686. The highest BCUT2D eigenvalue weighted by atomic mass is 32.2. The van der Waals surface area contributed by atoms with Crippen molar-refractivity contribution in [1.29, 1.82) is 0 Å². The van der Waals surface area contributed by atoms with Crippen LogP contribution in [-0.2, 0) is 9.59 Å². The number of thioether (sulfide) groups is 1. The maximum Gasteiger partial charge on any atom is 0.327 e. The maximum absolute atomic E-state index is 12.7. The van der Waals surface area contributed by atoms with Crippen LogP contribution in [0.25, 0.3) is 0 Å². The zero-order chi connectivity index (χ0) is 18.1. The van der Waals surface area contributed by atoms with Crippen LogP contribution in [0.1, 0.15) is 11.7 Å². The SMILES string of the molecule is CN1C(=O)C2C(SCC(N)=O)NC(c3ccccc3)NC2N(C)C1=O. The highest BCUT2D eigenvalue weighted by Crippen LogP contribution is 2.34. The molecule has 0 spiro atoms. The van der Waals surface area contributed by atoms with Gasteiger partial charge in [-0.1, -0.05) is 30.3 Å². The van der Waals surface area contributed by atoms with Gasteiger partial charge in [-0.25, -0.2) is 4.79 Å². The number of hydrogen-bond acceptors (Lipinski definition) is 6. The van der Waals surface area contributed by atoms with Gasteiger partial charge in [-0.15, -0.1) is 11.8 Å². The second-order valence-electron chi connectivity index (χ2n) is 6.14. The molecule has 4 unspecified atom stereocenters. The third-order valence-corrected chi connectivity index (χ3v) is 5.73. The lowest BCUT2D eigenvalue weighted by atomic mass is 9.96. The van der Waals surface area contributed by atoms with Gasteiger partial charge in [-0.05, 0) is 5.56 Å². The van der Waals surface area contributed by atoms with E-state index in [2.05, 4.69) is 10.6 Å². The minimum atomic E-state index is -0.517. The second kappa shape index (κ2) is 7.03. The van der Waals surface area contributed by atoms with Gasteiger partial charge in [0.2, 0.25) is 11.8 Å². The largest absolute Gasteiger partial charge is 0.369 e. The number of nitrogens with two attached hydrogens (primary N) is 1. The summed E-state index contributed by atoms with van der Waals surface area (Å²) in [4.78, 5) is 38.8. The molecule has 0 saturated carbocycles. The number of rotatable bonds is 4. The van der Waals surface area contributed by atoms with Crippen LogP contribution in [-0.4, -0.2) is 59.0 Å². The van der Waals surface area contributed by atoms with E-state index in [-0.39, 0.29) is 29.2 Å². The summed E-state index contributed by atoms with van der Waals surface area (Å²) in [5, 5.41) is 6.35. The first-order valence-electron chi connectivity index (χ1n) is 7.91. The highest BCUT2D eigenvalue weighted by molar-refractivity contribution is 8.00. The molecule has 2 heterocycles. The molecule has 4 amide bonds. The van der Waals surface area contributed by atoms with Gasteiger partial charge in [0, 0.05) is 14.1 Å². The quantitative estimate of drug-likeness (QED) is 0.689. The summed E-state index contributed by atoms with van der Waals surface area (Å²) in [6.45, 7) is 0. The predicted molar refractivity (Wildman–Crippen MR) is 94.1 cm³/mol. The molecule has 25 heavy (non-hydrogen) atoms. The number of amides is 4. The van der Waals surface area contributed by atoms with Gasteiger partial charge in [0.25, 0.3) is 0 Å². The molecule has 2 aliphatic rings. The van der Waals surface area contributed by atoms with E-state index in [1.54, 1.807) is 7.05 Å². The average molecular weight is 363 g/mol. The maximum atomic E-state index is 12.7. The van der Waals surface area contributed by atoms with Crippen molar-refractivity contribution < 1.29 is 14.4 Å². The molecule has 4 N–H and O–H groups in total. The molecule has 0 radical (unpaired) electrons. The average Bonchev–Trinajstić information content (AvgIpc) is 2.62. The second-order valence-corrected chi connectivity index (χ2v) is 7.27. The Hall–Kier alpha value is -2.10. The normalized spacial score (nSPS) is 29.5. The lowest BCUT2D eigenvalue weighted by Gasteiger charge is -2.50. The first-order valence-corrected chi connectivity index (χ1v) is 8.96. The van der Waals surface area contributed by atoms with Crippen molar-refractivity contribution in [2.75, 3.05) is 19.8 Å². The van der Waals surface area contributed by atoms with Gasteiger partial charge in [-0.2, -0.15) is 0 Å². The Labute approximate surface area is 150 Å². The zero-order valence-corrected chi connectivity index (χ0v) is 14.8. The smallest absolute Gasteiger partial charge is 0.327 e. The van der Waals surface area contributed by atoms with Crippen molar-refractivity contribution in [3.05, 3.63) is 35.9 Å². The monoisotopic (exact) mass is 363 g/mol. The molecule has 3 rings (SSSR count). The fraction of sp³-hybridized carbons (Fsp3) is 0.438. The molecule has 1 aromatic carbocycles. The Morgan fingerprint density at radius 3 is 2.52 bits per heavy atom. The van der Waals surface area contributed by atoms with Crippen molar-refractivity contribution in [3.8, 4) is 0 Å². The molecule has 4 atom stereocenters. The molecular formula is C16H21N5O3S. The number of hydrogen-bond donors (Lipinski definition) is 3. The van der Waals surface area contributed by atoms with Crippen molar-refractivity contribution in [2.45, 2.75) is 17.7 Å². The van der Waals surface area contributed by atoms with Gasteiger partial charge in [-0.3, -0.25) is 25.1 Å². The number of imide groups is 1. The number of carbonyl (C=O) groups excluding carboxylic acids is 3. The fourth-order valence-electron chi connectivity index (χ4n) is 3.21. The van der Waals surface area contributed by atoms with Crippen molar-refractivity contribution in [3.63, 3.8) is 0 Å². The molecule has 9 heteroatoms. The van der Waals surface area contributed by atoms with Crippen LogP contribution in [0.3, 0.4) is 0 Å². The van der Waals surface area contributed by atoms with Crippen molar-refractivity contribution in [2.24, 2.45) is 11.7 Å². The predicted octanol–water partition coefficient (Wildman–Crippen LogP) is -0.111. The van der Waals surface area contributed by atoms with Gasteiger partial charge in [0.05, 0.1) is 29.4 Å². The van der Waals surface area contributed by atoms with Crippen LogP contribution < -0.4 is 16.4 Å². The first-order chi connectivity index (χ1) is 11.9. The number of fused-ring (bicyclic) bond motifs is 1. The lowest BCUT2D eigenvalue weighted by molar-refractivity contribution is -0.140. The standard InChI is InChI=1S/C16H21N5O3S/c1-20-13-11(15(23)21(2)16(20)24)14(25-8-10(17)22)19-12(18-13)9-6-4-3-5-7-9/h3-7,11-14,18-19H,8H2,1-2H3,(H2,17,22). The van der Waals surface area contributed by atoms with E-state index >= 15 is 0 Å². The third kappa shape index (κ3) is 3.35. The van der Waals surface area contributed by atoms with Crippen molar-refractivity contribution >= 4 is 29.6 Å². The summed E-state index contributed by atoms with van der Waals surface area (Å²) in [5.41, 5.74) is 6.26. The van der Waals surface area contributed by atoms with Crippen LogP contribution >= 0.6 is 11.8 Å². The van der Waals surface area contributed by atoms with E-state index in [0.29, 0.717) is 0 Å². The molecule has 0 bridgehead atoms. The number of primary amides is 1. The molecule has 2 aliphatic heterocycles. The van der Waals surface area contributed by atoms with E-state index < -0.39 is 18.0 Å². The Morgan fingerprint density at radius 1 is 1.20 bits per heavy atom. The first kappa shape index (κ1) is 17.7. The number of nitrogens with zero attached hydrogens (tertiary/aromatic N) is 2. The van der Waals surface area contributed by atoms with Gasteiger partial charge < -0.3 is 10.6 Å². The van der Waals surface area contributed by atoms with Crippen LogP contribution in [0.2, 0.25) is 0 Å². The van der Waals surface area contributed by atoms with E-state index in [0.717, 1.165) is 10.5 Å². The highest BCUT2D eigenvalue weighted by Gasteiger charge is 2.51. The van der Waals surface area contributed by atoms with Crippen LogP contribution in [0.15, 0.2) is 30.3 Å². The van der Waals surface area contributed by atoms with Gasteiger partial charge in [0.1, 0.15) is 0 Å². The van der Waals surface area contributed by atoms with E-state index in [4.69, 9.17) is 5.73 Å². The summed E-state index contributed by atoms with van der Waals surface area (Å²) in [6, 6.07) is 9.32. The minimum absolute atomic E-state index is 0.0943. The summed E-state index contributed by atoms with van der Waals surface area (Å²) in [6.07, 6.45) is -0.715. The molecule has 0 aromatic heterocycles. The number of nitrogens with one attached hydrogen (secondary N) is 2. The van der Waals surface area contributed by atoms with Crippen LogP contribution in [0.4, 0.5) is 4.79 Å². The molecule has 1 aromatic rings. The molecule has 0 aliphatic carbocycles. The Morgan fingerprint density at radius 2 is 1.88 bits per heavy atom. The Kier molecular flexibility index (Phi) is 4.98. The summed E-state index contributed by atoms with van der Waals surface area (Å²) < 4.78 is 0. The summed E-state index contributed by atoms with van der Waals surface area (Å²) in [5.74, 6) is -1.14. The molecule has 8 nitrogen and oxygen atoms in total. The molecule has 134 valence electrons. The van der Waals surface area contributed by atoms with Gasteiger partial charge in [0.15, 0.2) is 0 Å². The minimum Gasteiger partial charge on any atom is -0.369 e. The number of benzene rings is 1. The van der Waals surface area contributed by atoms with E-state index in [1.807, 2.05) is 30.3 Å². The molecule has 2 fully saturated rings. The molecule has 2 saturated heterocycles. The Balaban J connectivity index is 1.91. The third-order valence-electron chi connectivity index (χ3n) is 4.49. The molecular weight excluding hydrogens is 342 g/mol. The number of urea groups is 1.